The van der Waals surface area contributed by atoms with Crippen molar-refractivity contribution in [1.82, 2.24) is 15.0 Å². The Labute approximate surface area is 98.8 Å². The normalized spacial score (nSPS) is 14.9. The Hall–Kier alpha value is -1.97. The minimum absolute atomic E-state index is 0.0857. The maximum Gasteiger partial charge on any atom is 0.251 e. The number of aromatic nitrogens is 3. The number of hydrogen-bond acceptors (Lipinski definition) is 3. The van der Waals surface area contributed by atoms with Crippen LogP contribution in [-0.4, -0.2) is 15.0 Å². The molecule has 1 aliphatic carbocycles. The lowest BCUT2D eigenvalue weighted by Gasteiger charge is -2.03. The van der Waals surface area contributed by atoms with E-state index >= 15 is 0 Å². The van der Waals surface area contributed by atoms with Crippen molar-refractivity contribution in [3.63, 3.8) is 0 Å². The number of hydrogen-bond donors (Lipinski definition) is 1. The summed E-state index contributed by atoms with van der Waals surface area (Å²) < 4.78 is 0. The van der Waals surface area contributed by atoms with E-state index in [0.29, 0.717) is 11.6 Å². The first-order valence-corrected chi connectivity index (χ1v) is 5.77. The van der Waals surface area contributed by atoms with Crippen molar-refractivity contribution in [1.29, 1.82) is 0 Å². The molecule has 4 nitrogen and oxygen atoms in total. The lowest BCUT2D eigenvalue weighted by atomic mass is 10.2. The van der Waals surface area contributed by atoms with Gasteiger partial charge in [-0.25, -0.2) is 4.98 Å². The summed E-state index contributed by atoms with van der Waals surface area (Å²) >= 11 is 0. The van der Waals surface area contributed by atoms with Gasteiger partial charge in [-0.05, 0) is 31.9 Å². The third kappa shape index (κ3) is 2.11. The van der Waals surface area contributed by atoms with E-state index in [0.717, 1.165) is 29.9 Å². The maximum absolute atomic E-state index is 11.6. The SMILES string of the molecule is Cc1ccc(-c2cc(=O)[nH]c(C3CC3)n2)cn1. The van der Waals surface area contributed by atoms with Crippen LogP contribution in [0.4, 0.5) is 0 Å². The molecule has 0 atom stereocenters. The standard InChI is InChI=1S/C13H13N3O/c1-8-2-3-10(7-14-8)11-6-12(17)16-13(15-11)9-4-5-9/h2-3,6-7,9H,4-5H2,1H3,(H,15,16,17). The van der Waals surface area contributed by atoms with E-state index in [2.05, 4.69) is 15.0 Å². The monoisotopic (exact) mass is 227 g/mol. The van der Waals surface area contributed by atoms with Gasteiger partial charge in [-0.1, -0.05) is 0 Å². The van der Waals surface area contributed by atoms with Crippen molar-refractivity contribution in [2.45, 2.75) is 25.7 Å². The van der Waals surface area contributed by atoms with Gasteiger partial charge in [0, 0.05) is 29.4 Å². The Bertz CT molecular complexity index is 597. The molecule has 0 aromatic carbocycles. The van der Waals surface area contributed by atoms with Crippen LogP contribution in [0.5, 0.6) is 0 Å². The molecule has 1 N–H and O–H groups in total. The molecule has 17 heavy (non-hydrogen) atoms. The molecule has 0 spiro atoms. The zero-order valence-electron chi connectivity index (χ0n) is 9.60. The van der Waals surface area contributed by atoms with Gasteiger partial charge < -0.3 is 4.98 Å². The molecule has 3 rings (SSSR count). The van der Waals surface area contributed by atoms with Gasteiger partial charge in [-0.2, -0.15) is 0 Å². The molecular weight excluding hydrogens is 214 g/mol. The molecule has 1 saturated carbocycles. The zero-order chi connectivity index (χ0) is 11.8. The van der Waals surface area contributed by atoms with E-state index in [1.807, 2.05) is 19.1 Å². The van der Waals surface area contributed by atoms with Crippen molar-refractivity contribution in [3.05, 3.63) is 46.3 Å². The van der Waals surface area contributed by atoms with Crippen LogP contribution in [0.15, 0.2) is 29.2 Å². The molecule has 2 heterocycles. The van der Waals surface area contributed by atoms with E-state index in [4.69, 9.17) is 0 Å². The van der Waals surface area contributed by atoms with E-state index < -0.39 is 0 Å². The molecule has 1 aliphatic rings. The Kier molecular flexibility index (Phi) is 2.28. The van der Waals surface area contributed by atoms with Gasteiger partial charge in [0.25, 0.3) is 5.56 Å². The minimum atomic E-state index is -0.0857. The Morgan fingerprint density at radius 2 is 2.18 bits per heavy atom. The summed E-state index contributed by atoms with van der Waals surface area (Å²) in [6, 6.07) is 5.40. The number of nitrogens with one attached hydrogen (secondary N) is 1. The molecule has 0 saturated heterocycles. The topological polar surface area (TPSA) is 58.6 Å². The molecule has 0 amide bonds. The highest BCUT2D eigenvalue weighted by Crippen LogP contribution is 2.37. The summed E-state index contributed by atoms with van der Waals surface area (Å²) in [5, 5.41) is 0. The van der Waals surface area contributed by atoms with Gasteiger partial charge in [0.15, 0.2) is 0 Å². The minimum Gasteiger partial charge on any atom is -0.310 e. The van der Waals surface area contributed by atoms with Crippen molar-refractivity contribution >= 4 is 0 Å². The maximum atomic E-state index is 11.6. The molecule has 4 heteroatoms. The summed E-state index contributed by atoms with van der Waals surface area (Å²) in [7, 11) is 0. The third-order valence-corrected chi connectivity index (χ3v) is 2.93. The number of nitrogens with zero attached hydrogens (tertiary/aromatic N) is 2. The predicted molar refractivity (Wildman–Crippen MR) is 64.8 cm³/mol. The highest BCUT2D eigenvalue weighted by Gasteiger charge is 2.26. The molecular formula is C13H13N3O. The number of aromatic amines is 1. The van der Waals surface area contributed by atoms with Crippen LogP contribution in [0, 0.1) is 6.92 Å². The summed E-state index contributed by atoms with van der Waals surface area (Å²) in [6.07, 6.45) is 4.00. The second kappa shape index (κ2) is 3.80. The first-order valence-electron chi connectivity index (χ1n) is 5.77. The van der Waals surface area contributed by atoms with Crippen LogP contribution < -0.4 is 5.56 Å². The molecule has 86 valence electrons. The van der Waals surface area contributed by atoms with Gasteiger partial charge in [-0.3, -0.25) is 9.78 Å². The lowest BCUT2D eigenvalue weighted by molar-refractivity contribution is 0.911. The molecule has 2 aromatic heterocycles. The predicted octanol–water partition coefficient (Wildman–Crippen LogP) is 2.02. The molecule has 2 aromatic rings. The van der Waals surface area contributed by atoms with Crippen molar-refractivity contribution in [2.75, 3.05) is 0 Å². The number of aryl methyl sites for hydroxylation is 1. The summed E-state index contributed by atoms with van der Waals surface area (Å²) in [5.41, 5.74) is 2.48. The summed E-state index contributed by atoms with van der Waals surface area (Å²) in [5.74, 6) is 1.26. The fraction of sp³-hybridized carbons (Fsp3) is 0.308. The fourth-order valence-electron chi connectivity index (χ4n) is 1.79. The van der Waals surface area contributed by atoms with Crippen molar-refractivity contribution in [2.24, 2.45) is 0 Å². The van der Waals surface area contributed by atoms with E-state index in [9.17, 15) is 4.79 Å². The Balaban J connectivity index is 2.07. The third-order valence-electron chi connectivity index (χ3n) is 2.93. The van der Waals surface area contributed by atoms with Crippen LogP contribution in [0.25, 0.3) is 11.3 Å². The van der Waals surface area contributed by atoms with E-state index in [-0.39, 0.29) is 5.56 Å². The smallest absolute Gasteiger partial charge is 0.251 e. The van der Waals surface area contributed by atoms with E-state index in [1.165, 1.54) is 6.07 Å². The molecule has 0 bridgehead atoms. The molecule has 1 fully saturated rings. The van der Waals surface area contributed by atoms with Crippen LogP contribution in [-0.2, 0) is 0 Å². The zero-order valence-corrected chi connectivity index (χ0v) is 9.60. The summed E-state index contributed by atoms with van der Waals surface area (Å²) in [6.45, 7) is 1.94. The van der Waals surface area contributed by atoms with Gasteiger partial charge in [0.05, 0.1) is 5.69 Å². The van der Waals surface area contributed by atoms with Crippen LogP contribution in [0.3, 0.4) is 0 Å². The number of H-pyrrole nitrogens is 1. The van der Waals surface area contributed by atoms with Crippen LogP contribution in [0.1, 0.15) is 30.3 Å². The first kappa shape index (κ1) is 10.2. The highest BCUT2D eigenvalue weighted by atomic mass is 16.1. The van der Waals surface area contributed by atoms with Crippen molar-refractivity contribution in [3.8, 4) is 11.3 Å². The van der Waals surface area contributed by atoms with Gasteiger partial charge in [0.2, 0.25) is 0 Å². The molecule has 0 unspecified atom stereocenters. The Morgan fingerprint density at radius 3 is 2.82 bits per heavy atom. The molecule has 0 aliphatic heterocycles. The fourth-order valence-corrected chi connectivity index (χ4v) is 1.79. The van der Waals surface area contributed by atoms with Crippen LogP contribution >= 0.6 is 0 Å². The first-order chi connectivity index (χ1) is 8.22. The van der Waals surface area contributed by atoms with E-state index in [1.54, 1.807) is 6.20 Å². The van der Waals surface area contributed by atoms with Gasteiger partial charge in [-0.15, -0.1) is 0 Å². The highest BCUT2D eigenvalue weighted by molar-refractivity contribution is 5.57. The second-order valence-electron chi connectivity index (χ2n) is 4.48. The van der Waals surface area contributed by atoms with Crippen LogP contribution in [0.2, 0.25) is 0 Å². The number of pyridine rings is 1. The number of rotatable bonds is 2. The average Bonchev–Trinajstić information content (AvgIpc) is 3.13. The largest absolute Gasteiger partial charge is 0.310 e. The lowest BCUT2D eigenvalue weighted by Crippen LogP contribution is -2.10. The van der Waals surface area contributed by atoms with Gasteiger partial charge >= 0.3 is 0 Å². The summed E-state index contributed by atoms with van der Waals surface area (Å²) in [4.78, 5) is 23.1. The average molecular weight is 227 g/mol. The quantitative estimate of drug-likeness (QED) is 0.853. The molecule has 0 radical (unpaired) electrons. The Morgan fingerprint density at radius 1 is 1.35 bits per heavy atom. The second-order valence-corrected chi connectivity index (χ2v) is 4.48. The van der Waals surface area contributed by atoms with Gasteiger partial charge in [0.1, 0.15) is 5.82 Å². The van der Waals surface area contributed by atoms with Crippen molar-refractivity contribution < 1.29 is 0 Å².